The lowest BCUT2D eigenvalue weighted by atomic mass is 10.1. The molecule has 1 atom stereocenters. The maximum atomic E-state index is 9.77. The lowest BCUT2D eigenvalue weighted by molar-refractivity contribution is 0.101. The molecule has 1 heterocycles. The molecule has 0 aromatic carbocycles. The number of aliphatic hydroxyl groups is 1. The third kappa shape index (κ3) is 3.63. The van der Waals surface area contributed by atoms with E-state index in [2.05, 4.69) is 24.2 Å². The lowest BCUT2D eigenvalue weighted by Gasteiger charge is -2.15. The van der Waals surface area contributed by atoms with Crippen molar-refractivity contribution >= 4 is 0 Å². The molecule has 0 saturated carbocycles. The minimum atomic E-state index is -0.349. The van der Waals surface area contributed by atoms with Crippen LogP contribution in [0.3, 0.4) is 0 Å². The van der Waals surface area contributed by atoms with Gasteiger partial charge in [0.25, 0.3) is 0 Å². The van der Waals surface area contributed by atoms with E-state index in [1.807, 2.05) is 18.5 Å². The van der Waals surface area contributed by atoms with Crippen LogP contribution in [-0.2, 0) is 13.0 Å². The molecular formula is C11H21N3O. The molecule has 0 aliphatic carbocycles. The summed E-state index contributed by atoms with van der Waals surface area (Å²) in [5.74, 6) is 0.833. The van der Waals surface area contributed by atoms with Crippen LogP contribution in [0.15, 0.2) is 6.20 Å². The monoisotopic (exact) mass is 211 g/mol. The van der Waals surface area contributed by atoms with Crippen LogP contribution in [0.1, 0.15) is 33.4 Å². The van der Waals surface area contributed by atoms with E-state index in [-0.39, 0.29) is 12.0 Å². The minimum absolute atomic E-state index is 0.251. The van der Waals surface area contributed by atoms with Gasteiger partial charge in [-0.2, -0.15) is 0 Å². The first-order valence-electron chi connectivity index (χ1n) is 5.56. The van der Waals surface area contributed by atoms with Gasteiger partial charge < -0.3 is 5.11 Å². The molecule has 15 heavy (non-hydrogen) atoms. The SMILES string of the molecule is CC(C)Cc1cnnn1CC(O)C(C)C. The molecule has 1 aromatic heterocycles. The van der Waals surface area contributed by atoms with E-state index in [0.29, 0.717) is 12.5 Å². The smallest absolute Gasteiger partial charge is 0.0759 e. The zero-order valence-corrected chi connectivity index (χ0v) is 10.0. The molecule has 0 fully saturated rings. The molecule has 1 aromatic rings. The first-order chi connectivity index (χ1) is 7.00. The van der Waals surface area contributed by atoms with Crippen LogP contribution in [0.5, 0.6) is 0 Å². The highest BCUT2D eigenvalue weighted by Crippen LogP contribution is 2.09. The molecule has 4 heteroatoms. The first-order valence-corrected chi connectivity index (χ1v) is 5.56. The third-order valence-corrected chi connectivity index (χ3v) is 2.44. The Morgan fingerprint density at radius 1 is 1.33 bits per heavy atom. The average molecular weight is 211 g/mol. The second-order valence-electron chi connectivity index (χ2n) is 4.82. The Balaban J connectivity index is 2.64. The zero-order chi connectivity index (χ0) is 11.4. The van der Waals surface area contributed by atoms with Crippen molar-refractivity contribution < 1.29 is 5.11 Å². The molecule has 0 bridgehead atoms. The standard InChI is InChI=1S/C11H21N3O/c1-8(2)5-10-6-12-13-14(10)7-11(15)9(3)4/h6,8-9,11,15H,5,7H2,1-4H3. The fraction of sp³-hybridized carbons (Fsp3) is 0.818. The second-order valence-corrected chi connectivity index (χ2v) is 4.82. The van der Waals surface area contributed by atoms with Gasteiger partial charge in [-0.25, -0.2) is 4.68 Å². The van der Waals surface area contributed by atoms with E-state index in [1.54, 1.807) is 6.20 Å². The summed E-state index contributed by atoms with van der Waals surface area (Å²) in [6.45, 7) is 8.87. The van der Waals surface area contributed by atoms with Crippen molar-refractivity contribution in [1.82, 2.24) is 15.0 Å². The highest BCUT2D eigenvalue weighted by Gasteiger charge is 2.13. The molecule has 0 spiro atoms. The number of nitrogens with zero attached hydrogens (tertiary/aromatic N) is 3. The van der Waals surface area contributed by atoms with Crippen LogP contribution in [-0.4, -0.2) is 26.2 Å². The quantitative estimate of drug-likeness (QED) is 0.803. The normalized spacial score (nSPS) is 13.8. The summed E-state index contributed by atoms with van der Waals surface area (Å²) in [5, 5.41) is 17.7. The summed E-state index contributed by atoms with van der Waals surface area (Å²) >= 11 is 0. The Bertz CT molecular complexity index is 294. The number of rotatable bonds is 5. The van der Waals surface area contributed by atoms with E-state index in [1.165, 1.54) is 0 Å². The van der Waals surface area contributed by atoms with Crippen LogP contribution in [0.2, 0.25) is 0 Å². The van der Waals surface area contributed by atoms with Gasteiger partial charge >= 0.3 is 0 Å². The molecule has 86 valence electrons. The van der Waals surface area contributed by atoms with E-state index in [9.17, 15) is 5.11 Å². The van der Waals surface area contributed by atoms with E-state index in [0.717, 1.165) is 12.1 Å². The van der Waals surface area contributed by atoms with Crippen molar-refractivity contribution in [1.29, 1.82) is 0 Å². The van der Waals surface area contributed by atoms with Gasteiger partial charge in [-0.05, 0) is 18.3 Å². The molecular weight excluding hydrogens is 190 g/mol. The highest BCUT2D eigenvalue weighted by atomic mass is 16.3. The minimum Gasteiger partial charge on any atom is -0.391 e. The maximum absolute atomic E-state index is 9.77. The molecule has 0 radical (unpaired) electrons. The summed E-state index contributed by atoms with van der Waals surface area (Å²) in [7, 11) is 0. The summed E-state index contributed by atoms with van der Waals surface area (Å²) in [5.41, 5.74) is 1.10. The number of aliphatic hydroxyl groups excluding tert-OH is 1. The molecule has 0 saturated heterocycles. The fourth-order valence-electron chi connectivity index (χ4n) is 1.40. The van der Waals surface area contributed by atoms with Crippen molar-refractivity contribution in [3.8, 4) is 0 Å². The number of aromatic nitrogens is 3. The second kappa shape index (κ2) is 5.26. The topological polar surface area (TPSA) is 50.9 Å². The van der Waals surface area contributed by atoms with E-state index >= 15 is 0 Å². The van der Waals surface area contributed by atoms with Crippen LogP contribution in [0.4, 0.5) is 0 Å². The Hall–Kier alpha value is -0.900. The van der Waals surface area contributed by atoms with Gasteiger partial charge in [0.05, 0.1) is 24.5 Å². The molecule has 0 aliphatic heterocycles. The molecule has 0 amide bonds. The Morgan fingerprint density at radius 3 is 2.53 bits per heavy atom. The van der Waals surface area contributed by atoms with Gasteiger partial charge in [0, 0.05) is 0 Å². The van der Waals surface area contributed by atoms with Crippen LogP contribution in [0.25, 0.3) is 0 Å². The van der Waals surface area contributed by atoms with Crippen molar-refractivity contribution in [2.24, 2.45) is 11.8 Å². The fourth-order valence-corrected chi connectivity index (χ4v) is 1.40. The van der Waals surface area contributed by atoms with Gasteiger partial charge in [-0.3, -0.25) is 0 Å². The predicted molar refractivity (Wildman–Crippen MR) is 59.4 cm³/mol. The van der Waals surface area contributed by atoms with E-state index in [4.69, 9.17) is 0 Å². The van der Waals surface area contributed by atoms with Crippen molar-refractivity contribution in [3.63, 3.8) is 0 Å². The first kappa shape index (κ1) is 12.2. The lowest BCUT2D eigenvalue weighted by Crippen LogP contribution is -2.24. The number of hydrogen-bond acceptors (Lipinski definition) is 3. The summed E-state index contributed by atoms with van der Waals surface area (Å²) < 4.78 is 1.81. The van der Waals surface area contributed by atoms with E-state index < -0.39 is 0 Å². The summed E-state index contributed by atoms with van der Waals surface area (Å²) in [6.07, 6.45) is 2.39. The molecule has 1 N–H and O–H groups in total. The summed E-state index contributed by atoms with van der Waals surface area (Å²) in [6, 6.07) is 0. The van der Waals surface area contributed by atoms with Crippen LogP contribution < -0.4 is 0 Å². The zero-order valence-electron chi connectivity index (χ0n) is 10.0. The molecule has 4 nitrogen and oxygen atoms in total. The van der Waals surface area contributed by atoms with Crippen LogP contribution in [0, 0.1) is 11.8 Å². The average Bonchev–Trinajstić information content (AvgIpc) is 2.51. The van der Waals surface area contributed by atoms with Gasteiger partial charge in [0.2, 0.25) is 0 Å². The molecule has 1 rings (SSSR count). The van der Waals surface area contributed by atoms with Crippen molar-refractivity contribution in [3.05, 3.63) is 11.9 Å². The molecule has 1 unspecified atom stereocenters. The summed E-state index contributed by atoms with van der Waals surface area (Å²) in [4.78, 5) is 0. The van der Waals surface area contributed by atoms with Gasteiger partial charge in [-0.15, -0.1) is 5.10 Å². The van der Waals surface area contributed by atoms with Crippen molar-refractivity contribution in [2.45, 2.75) is 46.8 Å². The van der Waals surface area contributed by atoms with Gasteiger partial charge in [0.1, 0.15) is 0 Å². The highest BCUT2D eigenvalue weighted by molar-refractivity contribution is 4.95. The predicted octanol–water partition coefficient (Wildman–Crippen LogP) is 1.49. The number of hydrogen-bond donors (Lipinski definition) is 1. The Morgan fingerprint density at radius 2 is 2.00 bits per heavy atom. The maximum Gasteiger partial charge on any atom is 0.0759 e. The Kier molecular flexibility index (Phi) is 4.27. The molecule has 0 aliphatic rings. The Labute approximate surface area is 91.3 Å². The van der Waals surface area contributed by atoms with Crippen LogP contribution >= 0.6 is 0 Å². The van der Waals surface area contributed by atoms with Gasteiger partial charge in [0.15, 0.2) is 0 Å². The van der Waals surface area contributed by atoms with Crippen molar-refractivity contribution in [2.75, 3.05) is 0 Å². The van der Waals surface area contributed by atoms with Gasteiger partial charge in [-0.1, -0.05) is 32.9 Å². The third-order valence-electron chi connectivity index (χ3n) is 2.44. The largest absolute Gasteiger partial charge is 0.391 e.